The molecule has 8 atom stereocenters. The van der Waals surface area contributed by atoms with Gasteiger partial charge in [-0.15, -0.1) is 0 Å². The molecule has 0 aromatic heterocycles. The van der Waals surface area contributed by atoms with Crippen LogP contribution in [0.15, 0.2) is 24.3 Å². The molecule has 0 saturated heterocycles. The van der Waals surface area contributed by atoms with E-state index in [1.165, 1.54) is 56.9 Å². The number of carbonyl (C=O) groups excluding carboxylic acids is 1. The molecule has 4 aliphatic carbocycles. The highest BCUT2D eigenvalue weighted by atomic mass is 16.1. The second-order valence-corrected chi connectivity index (χ2v) is 11.9. The number of aryl methyl sites for hydroxylation is 1. The molecule has 0 amide bonds. The van der Waals surface area contributed by atoms with Crippen LogP contribution in [-0.2, 0) is 0 Å². The van der Waals surface area contributed by atoms with Gasteiger partial charge in [0.15, 0.2) is 5.78 Å². The van der Waals surface area contributed by atoms with E-state index in [-0.39, 0.29) is 11.3 Å². The fraction of sp³-hybridized carbons (Fsp3) is 0.767. The Labute approximate surface area is 191 Å². The van der Waals surface area contributed by atoms with Gasteiger partial charge in [0.05, 0.1) is 0 Å². The average molecular weight is 423 g/mol. The van der Waals surface area contributed by atoms with E-state index in [1.54, 1.807) is 0 Å². The van der Waals surface area contributed by atoms with Crippen LogP contribution < -0.4 is 0 Å². The van der Waals surface area contributed by atoms with E-state index in [0.717, 1.165) is 41.6 Å². The predicted molar refractivity (Wildman–Crippen MR) is 131 cm³/mol. The Morgan fingerprint density at radius 1 is 0.839 bits per heavy atom. The minimum absolute atomic E-state index is 0.230. The van der Waals surface area contributed by atoms with E-state index >= 15 is 0 Å². The fourth-order valence-corrected chi connectivity index (χ4v) is 8.82. The molecule has 0 heterocycles. The number of hydrogen-bond acceptors (Lipinski definition) is 1. The molecular formula is C30H46O. The molecule has 0 N–H and O–H groups in total. The first-order valence-electron chi connectivity index (χ1n) is 13.4. The van der Waals surface area contributed by atoms with Gasteiger partial charge in [0.2, 0.25) is 0 Å². The lowest BCUT2D eigenvalue weighted by atomic mass is 9.44. The molecule has 0 radical (unpaired) electrons. The third-order valence-electron chi connectivity index (χ3n) is 10.6. The van der Waals surface area contributed by atoms with E-state index in [4.69, 9.17) is 0 Å². The molecule has 1 nitrogen and oxygen atoms in total. The first-order valence-corrected chi connectivity index (χ1v) is 13.4. The zero-order valence-electron chi connectivity index (χ0n) is 21.0. The lowest BCUT2D eigenvalue weighted by Crippen LogP contribution is -2.53. The summed E-state index contributed by atoms with van der Waals surface area (Å²) >= 11 is 0. The molecule has 0 spiro atoms. The number of fused-ring (bicyclic) bond motifs is 5. The van der Waals surface area contributed by atoms with Crippen LogP contribution in [0.25, 0.3) is 0 Å². The number of hydrogen-bond donors (Lipinski definition) is 0. The van der Waals surface area contributed by atoms with Crippen LogP contribution in [0.4, 0.5) is 0 Å². The second-order valence-electron chi connectivity index (χ2n) is 11.9. The maximum absolute atomic E-state index is 13.5. The number of Topliss-reactive ketones (excluding diaryl/α,β-unsaturated/α-hetero) is 1. The summed E-state index contributed by atoms with van der Waals surface area (Å²) in [7, 11) is 0. The van der Waals surface area contributed by atoms with Crippen molar-refractivity contribution in [1.82, 2.24) is 0 Å². The van der Waals surface area contributed by atoms with Crippen LogP contribution in [-0.4, -0.2) is 5.78 Å². The van der Waals surface area contributed by atoms with Gasteiger partial charge >= 0.3 is 0 Å². The van der Waals surface area contributed by atoms with E-state index < -0.39 is 0 Å². The summed E-state index contributed by atoms with van der Waals surface area (Å²) in [4.78, 5) is 13.5. The van der Waals surface area contributed by atoms with Crippen molar-refractivity contribution < 1.29 is 4.79 Å². The highest BCUT2D eigenvalue weighted by Crippen LogP contribution is 2.68. The standard InChI is InChI=1S/C28H40O.C2H6/c1-18-5-7-20(8-6-18)26(29)25-12-11-23-22-10-9-21-17-19(2)13-15-27(21,3)24(22)14-16-28(23,25)4;1-2/h5-8,19,21-25H,9-17H2,1-4H3;1-2H3. The Morgan fingerprint density at radius 2 is 1.48 bits per heavy atom. The number of carbonyl (C=O) groups is 1. The molecule has 0 aliphatic heterocycles. The third-order valence-corrected chi connectivity index (χ3v) is 10.6. The average Bonchev–Trinajstić information content (AvgIpc) is 3.13. The molecular weight excluding hydrogens is 376 g/mol. The SMILES string of the molecule is CC.Cc1ccc(C(=O)C2CCC3C4CCC5CC(C)CCC5(C)C4CCC23C)cc1. The quantitative estimate of drug-likeness (QED) is 0.437. The summed E-state index contributed by atoms with van der Waals surface area (Å²) in [6, 6.07) is 8.33. The maximum Gasteiger partial charge on any atom is 0.166 e. The molecule has 8 unspecified atom stereocenters. The van der Waals surface area contributed by atoms with E-state index in [0.29, 0.717) is 11.2 Å². The fourth-order valence-electron chi connectivity index (χ4n) is 8.82. The normalized spacial score (nSPS) is 43.7. The van der Waals surface area contributed by atoms with E-state index in [1.807, 2.05) is 13.8 Å². The highest BCUT2D eigenvalue weighted by molar-refractivity contribution is 5.98. The van der Waals surface area contributed by atoms with Crippen LogP contribution in [0.1, 0.15) is 108 Å². The topological polar surface area (TPSA) is 17.1 Å². The largest absolute Gasteiger partial charge is 0.294 e. The number of ketones is 1. The summed E-state index contributed by atoms with van der Waals surface area (Å²) in [5, 5.41) is 0. The molecule has 5 rings (SSSR count). The van der Waals surface area contributed by atoms with Crippen LogP contribution in [0.2, 0.25) is 0 Å². The third kappa shape index (κ3) is 3.72. The molecule has 1 heteroatoms. The molecule has 1 aromatic carbocycles. The summed E-state index contributed by atoms with van der Waals surface area (Å²) in [6.45, 7) is 13.7. The lowest BCUT2D eigenvalue weighted by Gasteiger charge is -2.61. The van der Waals surface area contributed by atoms with Crippen molar-refractivity contribution in [2.75, 3.05) is 0 Å². The maximum atomic E-state index is 13.5. The van der Waals surface area contributed by atoms with Gasteiger partial charge in [0.1, 0.15) is 0 Å². The van der Waals surface area contributed by atoms with Crippen molar-refractivity contribution in [3.63, 3.8) is 0 Å². The molecule has 172 valence electrons. The van der Waals surface area contributed by atoms with Gasteiger partial charge in [-0.1, -0.05) is 70.9 Å². The summed E-state index contributed by atoms with van der Waals surface area (Å²) in [5.74, 6) is 5.13. The minimum atomic E-state index is 0.230. The Balaban J connectivity index is 0.00000112. The van der Waals surface area contributed by atoms with Gasteiger partial charge in [-0.25, -0.2) is 0 Å². The summed E-state index contributed by atoms with van der Waals surface area (Å²) in [6.07, 6.45) is 12.3. The first kappa shape index (κ1) is 23.1. The van der Waals surface area contributed by atoms with Crippen LogP contribution >= 0.6 is 0 Å². The molecule has 4 fully saturated rings. The highest BCUT2D eigenvalue weighted by Gasteiger charge is 2.61. The smallest absolute Gasteiger partial charge is 0.166 e. The number of benzene rings is 1. The summed E-state index contributed by atoms with van der Waals surface area (Å²) in [5.41, 5.74) is 3.00. The van der Waals surface area contributed by atoms with Gasteiger partial charge in [-0.2, -0.15) is 0 Å². The predicted octanol–water partition coefficient (Wildman–Crippen LogP) is 8.50. The Bertz CT molecular complexity index is 778. The van der Waals surface area contributed by atoms with Crippen LogP contribution in [0, 0.1) is 53.3 Å². The minimum Gasteiger partial charge on any atom is -0.294 e. The van der Waals surface area contributed by atoms with Gasteiger partial charge in [0.25, 0.3) is 0 Å². The number of rotatable bonds is 2. The Morgan fingerprint density at radius 3 is 2.19 bits per heavy atom. The van der Waals surface area contributed by atoms with Crippen LogP contribution in [0.3, 0.4) is 0 Å². The lowest BCUT2D eigenvalue weighted by molar-refractivity contribution is -0.114. The van der Waals surface area contributed by atoms with Crippen molar-refractivity contribution in [2.24, 2.45) is 46.3 Å². The van der Waals surface area contributed by atoms with E-state index in [9.17, 15) is 4.79 Å². The first-order chi connectivity index (χ1) is 14.8. The monoisotopic (exact) mass is 422 g/mol. The van der Waals surface area contributed by atoms with Gasteiger partial charge in [-0.3, -0.25) is 4.79 Å². The Hall–Kier alpha value is -1.11. The summed E-state index contributed by atoms with van der Waals surface area (Å²) < 4.78 is 0. The van der Waals surface area contributed by atoms with E-state index in [2.05, 4.69) is 52.0 Å². The van der Waals surface area contributed by atoms with Crippen molar-refractivity contribution in [1.29, 1.82) is 0 Å². The Kier molecular flexibility index (Phi) is 6.46. The van der Waals surface area contributed by atoms with Gasteiger partial charge in [0, 0.05) is 11.5 Å². The van der Waals surface area contributed by atoms with Gasteiger partial charge in [-0.05, 0) is 98.7 Å². The van der Waals surface area contributed by atoms with Crippen molar-refractivity contribution in [3.8, 4) is 0 Å². The zero-order valence-corrected chi connectivity index (χ0v) is 21.0. The molecule has 4 saturated carbocycles. The molecule has 0 bridgehead atoms. The van der Waals surface area contributed by atoms with Gasteiger partial charge < -0.3 is 0 Å². The van der Waals surface area contributed by atoms with Crippen molar-refractivity contribution in [3.05, 3.63) is 35.4 Å². The molecule has 4 aliphatic rings. The molecule has 31 heavy (non-hydrogen) atoms. The second kappa shape index (κ2) is 8.68. The van der Waals surface area contributed by atoms with Crippen LogP contribution in [0.5, 0.6) is 0 Å². The van der Waals surface area contributed by atoms with Crippen molar-refractivity contribution >= 4 is 5.78 Å². The molecule has 1 aromatic rings. The zero-order chi connectivity index (χ0) is 22.4. The van der Waals surface area contributed by atoms with Crippen molar-refractivity contribution in [2.45, 2.75) is 99.3 Å².